The molecule has 6 heteroatoms. The Labute approximate surface area is 230 Å². The van der Waals surface area contributed by atoms with E-state index in [1.807, 2.05) is 29.4 Å². The molecule has 1 amide bonds. The van der Waals surface area contributed by atoms with Crippen LogP contribution in [0.3, 0.4) is 0 Å². The van der Waals surface area contributed by atoms with E-state index in [4.69, 9.17) is 5.11 Å². The van der Waals surface area contributed by atoms with Crippen molar-refractivity contribution >= 4 is 22.9 Å². The predicted octanol–water partition coefficient (Wildman–Crippen LogP) is 6.36. The summed E-state index contributed by atoms with van der Waals surface area (Å²) in [5.74, 6) is -0.729. The van der Waals surface area contributed by atoms with Gasteiger partial charge in [0, 0.05) is 31.6 Å². The van der Waals surface area contributed by atoms with Gasteiger partial charge in [0.2, 0.25) is 0 Å². The monoisotopic (exact) mass is 523 g/mol. The molecule has 0 fully saturated rings. The first-order valence-electron chi connectivity index (χ1n) is 14.1. The van der Waals surface area contributed by atoms with E-state index >= 15 is 0 Å². The van der Waals surface area contributed by atoms with Crippen LogP contribution in [0.2, 0.25) is 0 Å². The minimum absolute atomic E-state index is 0.0605. The van der Waals surface area contributed by atoms with E-state index in [0.717, 1.165) is 54.4 Å². The van der Waals surface area contributed by atoms with Gasteiger partial charge in [-0.05, 0) is 85.0 Å². The Morgan fingerprint density at radius 2 is 1.69 bits per heavy atom. The first-order valence-corrected chi connectivity index (χ1v) is 14.1. The second kappa shape index (κ2) is 12.3. The van der Waals surface area contributed by atoms with Crippen LogP contribution in [0.5, 0.6) is 0 Å². The van der Waals surface area contributed by atoms with Gasteiger partial charge in [-0.2, -0.15) is 0 Å². The van der Waals surface area contributed by atoms with E-state index in [1.165, 1.54) is 35.0 Å². The molecule has 0 saturated heterocycles. The summed E-state index contributed by atoms with van der Waals surface area (Å²) in [6, 6.07) is 20.6. The van der Waals surface area contributed by atoms with Crippen molar-refractivity contribution < 1.29 is 14.7 Å². The van der Waals surface area contributed by atoms with Gasteiger partial charge in [0.15, 0.2) is 0 Å². The van der Waals surface area contributed by atoms with Crippen LogP contribution in [0.1, 0.15) is 70.3 Å². The van der Waals surface area contributed by atoms with Gasteiger partial charge in [0.05, 0.1) is 17.4 Å². The summed E-state index contributed by atoms with van der Waals surface area (Å²) in [5, 5.41) is 8.97. The Balaban J connectivity index is 1.06. The maximum atomic E-state index is 13.2. The predicted molar refractivity (Wildman–Crippen MR) is 154 cm³/mol. The number of aliphatic carboxylic acids is 1. The van der Waals surface area contributed by atoms with Crippen LogP contribution in [-0.2, 0) is 37.1 Å². The molecule has 0 atom stereocenters. The zero-order chi connectivity index (χ0) is 27.2. The smallest absolute Gasteiger partial charge is 0.303 e. The molecule has 0 radical (unpaired) electrons. The van der Waals surface area contributed by atoms with Gasteiger partial charge in [-0.15, -0.1) is 0 Å². The number of rotatable bonds is 11. The number of nitrogens with zero attached hydrogens (tertiary/aromatic N) is 3. The molecule has 4 aromatic rings. The number of aromatic nitrogens is 2. The van der Waals surface area contributed by atoms with Gasteiger partial charge in [-0.25, -0.2) is 4.98 Å². The molecule has 0 saturated carbocycles. The maximum absolute atomic E-state index is 13.2. The number of hydrogen-bond acceptors (Lipinski definition) is 3. The fourth-order valence-corrected chi connectivity index (χ4v) is 5.56. The minimum Gasteiger partial charge on any atom is -0.481 e. The highest BCUT2D eigenvalue weighted by Gasteiger charge is 2.22. The van der Waals surface area contributed by atoms with Crippen LogP contribution in [-0.4, -0.2) is 38.0 Å². The van der Waals surface area contributed by atoms with E-state index in [1.54, 1.807) is 0 Å². The minimum atomic E-state index is -0.789. The van der Waals surface area contributed by atoms with Gasteiger partial charge >= 0.3 is 5.97 Å². The van der Waals surface area contributed by atoms with Crippen molar-refractivity contribution in [2.24, 2.45) is 0 Å². The Bertz CT molecular complexity index is 1460. The highest BCUT2D eigenvalue weighted by molar-refractivity contribution is 5.94. The van der Waals surface area contributed by atoms with Gasteiger partial charge < -0.3 is 14.6 Å². The quantitative estimate of drug-likeness (QED) is 0.232. The SMILES string of the molecule is Cc1cccc2c1ncn2CCCCCCc1ccc(C(=O)N2CCc3ccc(CCC(=O)O)cc3C2)cc1. The van der Waals surface area contributed by atoms with Crippen molar-refractivity contribution in [1.82, 2.24) is 14.5 Å². The summed E-state index contributed by atoms with van der Waals surface area (Å²) in [7, 11) is 0. The van der Waals surface area contributed by atoms with E-state index in [9.17, 15) is 9.59 Å². The highest BCUT2D eigenvalue weighted by atomic mass is 16.4. The number of carboxylic acids is 1. The number of amides is 1. The van der Waals surface area contributed by atoms with Gasteiger partial charge in [0.1, 0.15) is 0 Å². The first kappa shape index (κ1) is 26.7. The van der Waals surface area contributed by atoms with Crippen molar-refractivity contribution in [3.05, 3.63) is 100 Å². The van der Waals surface area contributed by atoms with Gasteiger partial charge in [-0.1, -0.05) is 55.3 Å². The molecule has 202 valence electrons. The zero-order valence-electron chi connectivity index (χ0n) is 22.7. The molecule has 1 aromatic heterocycles. The number of fused-ring (bicyclic) bond motifs is 2. The van der Waals surface area contributed by atoms with Crippen LogP contribution in [0.25, 0.3) is 11.0 Å². The standard InChI is InChI=1S/C33H37N3O3/c1-24-7-6-9-30-32(24)34-23-36(30)19-5-3-2-4-8-25-10-15-28(16-11-25)33(39)35-20-18-27-14-12-26(13-17-31(37)38)21-29(27)22-35/h6-7,9-12,14-16,21,23H,2-5,8,13,17-20,22H2,1H3,(H,37,38). The highest BCUT2D eigenvalue weighted by Crippen LogP contribution is 2.23. The molecule has 0 unspecified atom stereocenters. The Kier molecular flexibility index (Phi) is 8.40. The molecule has 0 bridgehead atoms. The first-order chi connectivity index (χ1) is 19.0. The third-order valence-corrected chi connectivity index (χ3v) is 7.87. The van der Waals surface area contributed by atoms with Crippen molar-refractivity contribution in [2.75, 3.05) is 6.54 Å². The van der Waals surface area contributed by atoms with Gasteiger partial charge in [0.25, 0.3) is 5.91 Å². The molecule has 2 heterocycles. The fraction of sp³-hybridized carbons (Fsp3) is 0.364. The molecular weight excluding hydrogens is 486 g/mol. The summed E-state index contributed by atoms with van der Waals surface area (Å²) in [5.41, 5.74) is 8.95. The molecule has 0 aliphatic carbocycles. The number of benzene rings is 3. The van der Waals surface area contributed by atoms with Crippen LogP contribution in [0.15, 0.2) is 67.0 Å². The number of hydrogen-bond donors (Lipinski definition) is 1. The number of carbonyl (C=O) groups is 2. The summed E-state index contributed by atoms with van der Waals surface area (Å²) >= 11 is 0. The van der Waals surface area contributed by atoms with Crippen LogP contribution in [0, 0.1) is 6.92 Å². The number of carboxylic acid groups (broad SMARTS) is 1. The Morgan fingerprint density at radius 1 is 0.897 bits per heavy atom. The molecule has 6 nitrogen and oxygen atoms in total. The Hall–Kier alpha value is -3.93. The maximum Gasteiger partial charge on any atom is 0.303 e. The summed E-state index contributed by atoms with van der Waals surface area (Å²) in [6.45, 7) is 4.39. The van der Waals surface area contributed by atoms with Gasteiger partial charge in [-0.3, -0.25) is 9.59 Å². The van der Waals surface area contributed by atoms with Crippen molar-refractivity contribution in [3.63, 3.8) is 0 Å². The third kappa shape index (κ3) is 6.56. The lowest BCUT2D eigenvalue weighted by Crippen LogP contribution is -2.36. The molecule has 5 rings (SSSR count). The number of unbranched alkanes of at least 4 members (excludes halogenated alkanes) is 3. The molecule has 3 aromatic carbocycles. The molecule has 1 aliphatic heterocycles. The van der Waals surface area contributed by atoms with Crippen LogP contribution in [0.4, 0.5) is 0 Å². The van der Waals surface area contributed by atoms with E-state index in [-0.39, 0.29) is 12.3 Å². The zero-order valence-corrected chi connectivity index (χ0v) is 22.7. The largest absolute Gasteiger partial charge is 0.481 e. The van der Waals surface area contributed by atoms with E-state index in [0.29, 0.717) is 19.5 Å². The average molecular weight is 524 g/mol. The van der Waals surface area contributed by atoms with Crippen LogP contribution >= 0.6 is 0 Å². The normalized spacial score (nSPS) is 13.0. The Morgan fingerprint density at radius 3 is 2.51 bits per heavy atom. The summed E-state index contributed by atoms with van der Waals surface area (Å²) in [6.07, 6.45) is 9.12. The third-order valence-electron chi connectivity index (χ3n) is 7.87. The van der Waals surface area contributed by atoms with E-state index in [2.05, 4.69) is 58.9 Å². The second-order valence-corrected chi connectivity index (χ2v) is 10.7. The van der Waals surface area contributed by atoms with E-state index < -0.39 is 5.97 Å². The molecule has 1 aliphatic rings. The van der Waals surface area contributed by atoms with Crippen molar-refractivity contribution in [2.45, 2.75) is 71.4 Å². The molecular formula is C33H37N3O3. The lowest BCUT2D eigenvalue weighted by atomic mass is 9.95. The number of aryl methyl sites for hydroxylation is 4. The van der Waals surface area contributed by atoms with Crippen molar-refractivity contribution in [1.29, 1.82) is 0 Å². The number of imidazole rings is 1. The molecule has 1 N–H and O–H groups in total. The topological polar surface area (TPSA) is 75.4 Å². The summed E-state index contributed by atoms with van der Waals surface area (Å²) < 4.78 is 2.26. The fourth-order valence-electron chi connectivity index (χ4n) is 5.56. The molecule has 39 heavy (non-hydrogen) atoms. The number of carbonyl (C=O) groups excluding carboxylic acids is 1. The van der Waals surface area contributed by atoms with Crippen LogP contribution < -0.4 is 0 Å². The lowest BCUT2D eigenvalue weighted by Gasteiger charge is -2.29. The number of para-hydroxylation sites is 1. The average Bonchev–Trinajstić information content (AvgIpc) is 3.37. The molecule has 0 spiro atoms. The summed E-state index contributed by atoms with van der Waals surface area (Å²) in [4.78, 5) is 30.6. The second-order valence-electron chi connectivity index (χ2n) is 10.7. The lowest BCUT2D eigenvalue weighted by molar-refractivity contribution is -0.136. The van der Waals surface area contributed by atoms with Crippen molar-refractivity contribution in [3.8, 4) is 0 Å².